The molecule has 1 saturated heterocycles. The standard InChI is InChI=1S/C11H20N4O2S/c1-11-13-5-7-14(11)6-2-10-18(16,17)15-8-3-12-4-9-15/h5,7,12H,2-4,6,8-10H2,1H3. The fourth-order valence-corrected chi connectivity index (χ4v) is 3.60. The summed E-state index contributed by atoms with van der Waals surface area (Å²) in [5.74, 6) is 1.14. The molecule has 6 nitrogen and oxygen atoms in total. The minimum Gasteiger partial charge on any atom is -0.335 e. The summed E-state index contributed by atoms with van der Waals surface area (Å²) in [7, 11) is -3.09. The first-order valence-corrected chi connectivity index (χ1v) is 7.87. The molecule has 0 atom stereocenters. The molecule has 0 saturated carbocycles. The molecule has 7 heteroatoms. The van der Waals surface area contributed by atoms with Crippen LogP contribution in [0, 0.1) is 6.92 Å². The van der Waals surface area contributed by atoms with Crippen LogP contribution in [0.3, 0.4) is 0 Å². The van der Waals surface area contributed by atoms with Gasteiger partial charge < -0.3 is 9.88 Å². The van der Waals surface area contributed by atoms with Crippen LogP contribution in [0.5, 0.6) is 0 Å². The van der Waals surface area contributed by atoms with Gasteiger partial charge >= 0.3 is 0 Å². The normalized spacial score (nSPS) is 18.1. The van der Waals surface area contributed by atoms with Crippen molar-refractivity contribution in [1.29, 1.82) is 0 Å². The maximum absolute atomic E-state index is 12.1. The van der Waals surface area contributed by atoms with E-state index in [9.17, 15) is 8.42 Å². The minimum absolute atomic E-state index is 0.213. The molecule has 0 aromatic carbocycles. The first kappa shape index (κ1) is 13.5. The molecular weight excluding hydrogens is 252 g/mol. The molecule has 0 amide bonds. The van der Waals surface area contributed by atoms with E-state index in [1.165, 1.54) is 0 Å². The second kappa shape index (κ2) is 5.81. The van der Waals surface area contributed by atoms with Crippen LogP contribution >= 0.6 is 0 Å². The summed E-state index contributed by atoms with van der Waals surface area (Å²) in [5.41, 5.74) is 0. The SMILES string of the molecule is Cc1nccn1CCCS(=O)(=O)N1CCNCC1. The number of piperazine rings is 1. The highest BCUT2D eigenvalue weighted by molar-refractivity contribution is 7.89. The molecule has 0 spiro atoms. The highest BCUT2D eigenvalue weighted by Crippen LogP contribution is 2.06. The molecule has 1 aliphatic rings. The van der Waals surface area contributed by atoms with Crippen LogP contribution in [-0.4, -0.2) is 54.2 Å². The fourth-order valence-electron chi connectivity index (χ4n) is 2.11. The fraction of sp³-hybridized carbons (Fsp3) is 0.727. The van der Waals surface area contributed by atoms with E-state index < -0.39 is 10.0 Å². The van der Waals surface area contributed by atoms with Crippen molar-refractivity contribution < 1.29 is 8.42 Å². The van der Waals surface area contributed by atoms with Gasteiger partial charge in [-0.05, 0) is 13.3 Å². The topological polar surface area (TPSA) is 67.2 Å². The zero-order valence-corrected chi connectivity index (χ0v) is 11.5. The molecular formula is C11H20N4O2S. The third kappa shape index (κ3) is 3.30. The summed E-state index contributed by atoms with van der Waals surface area (Å²) in [4.78, 5) is 4.12. The van der Waals surface area contributed by atoms with Gasteiger partial charge in [0, 0.05) is 45.1 Å². The molecule has 2 heterocycles. The van der Waals surface area contributed by atoms with Crippen LogP contribution in [-0.2, 0) is 16.6 Å². The summed E-state index contributed by atoms with van der Waals surface area (Å²) in [5, 5.41) is 3.15. The number of aryl methyl sites for hydroxylation is 2. The Morgan fingerprint density at radius 2 is 2.11 bits per heavy atom. The van der Waals surface area contributed by atoms with Crippen LogP contribution < -0.4 is 5.32 Å². The highest BCUT2D eigenvalue weighted by Gasteiger charge is 2.22. The molecule has 102 valence electrons. The lowest BCUT2D eigenvalue weighted by Crippen LogP contribution is -2.47. The van der Waals surface area contributed by atoms with Gasteiger partial charge in [0.2, 0.25) is 10.0 Å². The van der Waals surface area contributed by atoms with E-state index in [1.54, 1.807) is 10.5 Å². The van der Waals surface area contributed by atoms with Crippen molar-refractivity contribution in [2.24, 2.45) is 0 Å². The van der Waals surface area contributed by atoms with Crippen molar-refractivity contribution >= 4 is 10.0 Å². The predicted octanol–water partition coefficient (Wildman–Crippen LogP) is -0.183. The number of rotatable bonds is 5. The van der Waals surface area contributed by atoms with Gasteiger partial charge in [-0.15, -0.1) is 0 Å². The molecule has 2 rings (SSSR count). The number of hydrogen-bond donors (Lipinski definition) is 1. The quantitative estimate of drug-likeness (QED) is 0.807. The second-order valence-corrected chi connectivity index (χ2v) is 6.57. The lowest BCUT2D eigenvalue weighted by atomic mass is 10.4. The first-order valence-electron chi connectivity index (χ1n) is 6.26. The van der Waals surface area contributed by atoms with E-state index in [4.69, 9.17) is 0 Å². The van der Waals surface area contributed by atoms with Gasteiger partial charge in [-0.25, -0.2) is 13.4 Å². The van der Waals surface area contributed by atoms with E-state index in [0.29, 0.717) is 26.1 Å². The third-order valence-electron chi connectivity index (χ3n) is 3.19. The van der Waals surface area contributed by atoms with Gasteiger partial charge in [0.25, 0.3) is 0 Å². The van der Waals surface area contributed by atoms with Gasteiger partial charge in [0.15, 0.2) is 0 Å². The van der Waals surface area contributed by atoms with Gasteiger partial charge in [0.05, 0.1) is 5.75 Å². The Morgan fingerprint density at radius 3 is 2.72 bits per heavy atom. The maximum atomic E-state index is 12.1. The van der Waals surface area contributed by atoms with Crippen LogP contribution in [0.4, 0.5) is 0 Å². The molecule has 0 aliphatic carbocycles. The number of sulfonamides is 1. The predicted molar refractivity (Wildman–Crippen MR) is 69.8 cm³/mol. The van der Waals surface area contributed by atoms with Crippen molar-refractivity contribution in [2.45, 2.75) is 19.9 Å². The van der Waals surface area contributed by atoms with Crippen molar-refractivity contribution in [1.82, 2.24) is 19.2 Å². The minimum atomic E-state index is -3.09. The zero-order chi connectivity index (χ0) is 13.0. The Bertz CT molecular complexity index is 477. The Morgan fingerprint density at radius 1 is 1.39 bits per heavy atom. The maximum Gasteiger partial charge on any atom is 0.214 e. The van der Waals surface area contributed by atoms with E-state index in [2.05, 4.69) is 10.3 Å². The van der Waals surface area contributed by atoms with Crippen molar-refractivity contribution in [2.75, 3.05) is 31.9 Å². The van der Waals surface area contributed by atoms with Gasteiger partial charge in [-0.3, -0.25) is 0 Å². The lowest BCUT2D eigenvalue weighted by molar-refractivity contribution is 0.359. The van der Waals surface area contributed by atoms with E-state index in [0.717, 1.165) is 18.9 Å². The van der Waals surface area contributed by atoms with Gasteiger partial charge in [-0.2, -0.15) is 4.31 Å². The summed E-state index contributed by atoms with van der Waals surface area (Å²) in [6.07, 6.45) is 4.25. The monoisotopic (exact) mass is 272 g/mol. The van der Waals surface area contributed by atoms with Crippen molar-refractivity contribution in [3.63, 3.8) is 0 Å². The van der Waals surface area contributed by atoms with Crippen LogP contribution in [0.2, 0.25) is 0 Å². The molecule has 1 aliphatic heterocycles. The summed E-state index contributed by atoms with van der Waals surface area (Å²) < 4.78 is 27.7. The molecule has 0 unspecified atom stereocenters. The van der Waals surface area contributed by atoms with Crippen LogP contribution in [0.15, 0.2) is 12.4 Å². The summed E-state index contributed by atoms with van der Waals surface area (Å²) >= 11 is 0. The van der Waals surface area contributed by atoms with Crippen LogP contribution in [0.25, 0.3) is 0 Å². The van der Waals surface area contributed by atoms with Crippen molar-refractivity contribution in [3.8, 4) is 0 Å². The molecule has 1 aromatic rings. The van der Waals surface area contributed by atoms with Gasteiger partial charge in [-0.1, -0.05) is 0 Å². The van der Waals surface area contributed by atoms with Gasteiger partial charge in [0.1, 0.15) is 5.82 Å². The molecule has 0 radical (unpaired) electrons. The van der Waals surface area contributed by atoms with Crippen LogP contribution in [0.1, 0.15) is 12.2 Å². The number of aromatic nitrogens is 2. The van der Waals surface area contributed by atoms with E-state index >= 15 is 0 Å². The summed E-state index contributed by atoms with van der Waals surface area (Å²) in [6, 6.07) is 0. The molecule has 1 N–H and O–H groups in total. The van der Waals surface area contributed by atoms with E-state index in [-0.39, 0.29) is 5.75 Å². The average molecular weight is 272 g/mol. The van der Waals surface area contributed by atoms with Crippen molar-refractivity contribution in [3.05, 3.63) is 18.2 Å². The Kier molecular flexibility index (Phi) is 4.36. The molecule has 1 aromatic heterocycles. The first-order chi connectivity index (χ1) is 8.59. The summed E-state index contributed by atoms with van der Waals surface area (Å²) in [6.45, 7) is 5.31. The zero-order valence-electron chi connectivity index (χ0n) is 10.7. The number of imidazole rings is 1. The number of nitrogens with zero attached hydrogens (tertiary/aromatic N) is 3. The average Bonchev–Trinajstić information content (AvgIpc) is 2.76. The van der Waals surface area contributed by atoms with E-state index in [1.807, 2.05) is 17.7 Å². The third-order valence-corrected chi connectivity index (χ3v) is 5.15. The largest absolute Gasteiger partial charge is 0.335 e. The number of nitrogens with one attached hydrogen (secondary N) is 1. The number of hydrogen-bond acceptors (Lipinski definition) is 4. The Balaban J connectivity index is 1.83. The Hall–Kier alpha value is -0.920. The Labute approximate surface area is 108 Å². The second-order valence-electron chi connectivity index (χ2n) is 4.49. The molecule has 1 fully saturated rings. The lowest BCUT2D eigenvalue weighted by Gasteiger charge is -2.26. The molecule has 0 bridgehead atoms. The molecule has 18 heavy (non-hydrogen) atoms. The highest BCUT2D eigenvalue weighted by atomic mass is 32.2. The smallest absolute Gasteiger partial charge is 0.214 e.